The third-order valence-electron chi connectivity index (χ3n) is 3.33. The molecule has 0 saturated carbocycles. The highest BCUT2D eigenvalue weighted by molar-refractivity contribution is 5.86. The van der Waals surface area contributed by atoms with E-state index in [1.165, 1.54) is 4.57 Å². The largest absolute Gasteiger partial charge is 0.368 e. The van der Waals surface area contributed by atoms with Gasteiger partial charge in [-0.05, 0) is 12.5 Å². The normalized spacial score (nSPS) is 20.4. The molecule has 0 amide bonds. The van der Waals surface area contributed by atoms with Crippen LogP contribution in [0.2, 0.25) is 0 Å². The van der Waals surface area contributed by atoms with Gasteiger partial charge in [0.05, 0.1) is 5.69 Å². The molecule has 1 saturated heterocycles. The summed E-state index contributed by atoms with van der Waals surface area (Å²) in [6, 6.07) is 2.14. The predicted molar refractivity (Wildman–Crippen MR) is 66.1 cm³/mol. The van der Waals surface area contributed by atoms with E-state index in [-0.39, 0.29) is 11.7 Å². The quantitative estimate of drug-likeness (QED) is 0.715. The van der Waals surface area contributed by atoms with Crippen LogP contribution in [0.5, 0.6) is 0 Å². The van der Waals surface area contributed by atoms with Crippen molar-refractivity contribution < 1.29 is 0 Å². The number of fused-ring (bicyclic) bond motifs is 1. The van der Waals surface area contributed by atoms with Crippen molar-refractivity contribution in [3.8, 4) is 0 Å². The average molecular weight is 233 g/mol. The molecule has 0 spiro atoms. The molecule has 6 heteroatoms. The highest BCUT2D eigenvalue weighted by Crippen LogP contribution is 2.25. The molecule has 2 aromatic heterocycles. The molecule has 3 rings (SSSR count). The molecule has 90 valence electrons. The Labute approximate surface area is 98.1 Å². The van der Waals surface area contributed by atoms with E-state index >= 15 is 0 Å². The molecule has 3 heterocycles. The summed E-state index contributed by atoms with van der Waals surface area (Å²) >= 11 is 0. The van der Waals surface area contributed by atoms with E-state index in [1.54, 1.807) is 13.2 Å². The van der Waals surface area contributed by atoms with Gasteiger partial charge in [-0.15, -0.1) is 0 Å². The Morgan fingerprint density at radius 1 is 1.59 bits per heavy atom. The maximum atomic E-state index is 11.6. The number of pyridine rings is 1. The Kier molecular flexibility index (Phi) is 2.19. The molecule has 6 nitrogen and oxygen atoms in total. The van der Waals surface area contributed by atoms with Gasteiger partial charge in [0.2, 0.25) is 0 Å². The van der Waals surface area contributed by atoms with Gasteiger partial charge in [0, 0.05) is 32.4 Å². The number of imidazole rings is 1. The van der Waals surface area contributed by atoms with Gasteiger partial charge in [-0.2, -0.15) is 0 Å². The molecule has 0 aliphatic carbocycles. The van der Waals surface area contributed by atoms with Gasteiger partial charge < -0.3 is 15.6 Å². The number of nitrogens with two attached hydrogens (primary N) is 1. The van der Waals surface area contributed by atoms with E-state index < -0.39 is 0 Å². The van der Waals surface area contributed by atoms with Crippen LogP contribution in [0.1, 0.15) is 6.42 Å². The standard InChI is InChI=1S/C11H15N5O/c1-15-10-9(14-11(15)17)8(2-4-13-10)16-5-3-7(12)6-16/h2,4,7H,3,5-6,12H2,1H3,(H,14,17). The lowest BCUT2D eigenvalue weighted by Gasteiger charge is -2.18. The van der Waals surface area contributed by atoms with Gasteiger partial charge >= 0.3 is 5.69 Å². The van der Waals surface area contributed by atoms with Crippen LogP contribution in [0.25, 0.3) is 11.2 Å². The van der Waals surface area contributed by atoms with Crippen LogP contribution in [-0.2, 0) is 7.05 Å². The zero-order chi connectivity index (χ0) is 12.0. The zero-order valence-corrected chi connectivity index (χ0v) is 9.68. The Morgan fingerprint density at radius 3 is 3.12 bits per heavy atom. The molecule has 2 aromatic rings. The number of aromatic nitrogens is 3. The minimum atomic E-state index is -0.136. The van der Waals surface area contributed by atoms with Gasteiger partial charge in [-0.1, -0.05) is 0 Å². The molecule has 0 aromatic carbocycles. The molecule has 3 N–H and O–H groups in total. The molecule has 0 bridgehead atoms. The van der Waals surface area contributed by atoms with Crippen molar-refractivity contribution in [2.75, 3.05) is 18.0 Å². The number of hydrogen-bond donors (Lipinski definition) is 2. The van der Waals surface area contributed by atoms with Crippen molar-refractivity contribution in [1.82, 2.24) is 14.5 Å². The number of nitrogens with zero attached hydrogens (tertiary/aromatic N) is 3. The minimum absolute atomic E-state index is 0.136. The smallest absolute Gasteiger partial charge is 0.327 e. The summed E-state index contributed by atoms with van der Waals surface area (Å²) in [5, 5.41) is 0. The fraction of sp³-hybridized carbons (Fsp3) is 0.455. The molecule has 0 radical (unpaired) electrons. The average Bonchev–Trinajstić information content (AvgIpc) is 2.85. The maximum Gasteiger partial charge on any atom is 0.327 e. The number of aromatic amines is 1. The third-order valence-corrected chi connectivity index (χ3v) is 3.33. The molecule has 1 atom stereocenters. The monoisotopic (exact) mass is 233 g/mol. The lowest BCUT2D eigenvalue weighted by atomic mass is 10.3. The second-order valence-electron chi connectivity index (χ2n) is 4.51. The summed E-state index contributed by atoms with van der Waals surface area (Å²) in [6.07, 6.45) is 2.72. The topological polar surface area (TPSA) is 79.9 Å². The zero-order valence-electron chi connectivity index (χ0n) is 9.68. The van der Waals surface area contributed by atoms with E-state index in [0.717, 1.165) is 30.7 Å². The van der Waals surface area contributed by atoms with Crippen molar-refractivity contribution >= 4 is 16.9 Å². The second kappa shape index (κ2) is 3.59. The van der Waals surface area contributed by atoms with Crippen molar-refractivity contribution in [3.63, 3.8) is 0 Å². The van der Waals surface area contributed by atoms with Crippen LogP contribution in [0.3, 0.4) is 0 Å². The van der Waals surface area contributed by atoms with Crippen LogP contribution in [0, 0.1) is 0 Å². The lowest BCUT2D eigenvalue weighted by Crippen LogP contribution is -2.26. The van der Waals surface area contributed by atoms with Crippen molar-refractivity contribution in [3.05, 3.63) is 22.7 Å². The molecular formula is C11H15N5O. The molecule has 1 aliphatic rings. The van der Waals surface area contributed by atoms with Crippen LogP contribution in [0.4, 0.5) is 5.69 Å². The Morgan fingerprint density at radius 2 is 2.41 bits per heavy atom. The molecular weight excluding hydrogens is 218 g/mol. The first-order valence-electron chi connectivity index (χ1n) is 5.71. The first-order chi connectivity index (χ1) is 8.16. The van der Waals surface area contributed by atoms with E-state index in [1.807, 2.05) is 6.07 Å². The molecule has 1 aliphatic heterocycles. The van der Waals surface area contributed by atoms with Crippen LogP contribution in [0.15, 0.2) is 17.1 Å². The van der Waals surface area contributed by atoms with Gasteiger partial charge in [0.25, 0.3) is 0 Å². The number of H-pyrrole nitrogens is 1. The van der Waals surface area contributed by atoms with Crippen LogP contribution in [-0.4, -0.2) is 33.7 Å². The van der Waals surface area contributed by atoms with Gasteiger partial charge in [-0.25, -0.2) is 9.78 Å². The molecule has 17 heavy (non-hydrogen) atoms. The second-order valence-corrected chi connectivity index (χ2v) is 4.51. The van der Waals surface area contributed by atoms with Crippen molar-refractivity contribution in [2.24, 2.45) is 12.8 Å². The summed E-state index contributed by atoms with van der Waals surface area (Å²) < 4.78 is 1.52. The lowest BCUT2D eigenvalue weighted by molar-refractivity contribution is 0.752. The van der Waals surface area contributed by atoms with Crippen molar-refractivity contribution in [2.45, 2.75) is 12.5 Å². The summed E-state index contributed by atoms with van der Waals surface area (Å²) in [4.78, 5) is 20.9. The Hall–Kier alpha value is -1.82. The summed E-state index contributed by atoms with van der Waals surface area (Å²) in [5.41, 5.74) is 8.27. The summed E-state index contributed by atoms with van der Waals surface area (Å²) in [7, 11) is 1.72. The van der Waals surface area contributed by atoms with Gasteiger partial charge in [0.15, 0.2) is 5.65 Å². The number of anilines is 1. The fourth-order valence-corrected chi connectivity index (χ4v) is 2.37. The first-order valence-corrected chi connectivity index (χ1v) is 5.71. The van der Waals surface area contributed by atoms with E-state index in [0.29, 0.717) is 5.65 Å². The van der Waals surface area contributed by atoms with E-state index in [4.69, 9.17) is 5.73 Å². The van der Waals surface area contributed by atoms with Crippen molar-refractivity contribution in [1.29, 1.82) is 0 Å². The molecule has 1 fully saturated rings. The van der Waals surface area contributed by atoms with Crippen LogP contribution < -0.4 is 16.3 Å². The molecule has 1 unspecified atom stereocenters. The van der Waals surface area contributed by atoms with E-state index in [2.05, 4.69) is 14.9 Å². The van der Waals surface area contributed by atoms with E-state index in [9.17, 15) is 4.79 Å². The highest BCUT2D eigenvalue weighted by Gasteiger charge is 2.22. The number of nitrogens with one attached hydrogen (secondary N) is 1. The predicted octanol–water partition coefficient (Wildman–Crippen LogP) is -0.201. The number of hydrogen-bond acceptors (Lipinski definition) is 4. The third kappa shape index (κ3) is 1.52. The highest BCUT2D eigenvalue weighted by atomic mass is 16.1. The van der Waals surface area contributed by atoms with Gasteiger partial charge in [-0.3, -0.25) is 4.57 Å². The number of aryl methyl sites for hydroxylation is 1. The Balaban J connectivity index is 2.17. The van der Waals surface area contributed by atoms with Gasteiger partial charge in [0.1, 0.15) is 5.52 Å². The Bertz CT molecular complexity index is 614. The number of rotatable bonds is 1. The summed E-state index contributed by atoms with van der Waals surface area (Å²) in [5.74, 6) is 0. The minimum Gasteiger partial charge on any atom is -0.368 e. The fourth-order valence-electron chi connectivity index (χ4n) is 2.37. The maximum absolute atomic E-state index is 11.6. The summed E-state index contributed by atoms with van der Waals surface area (Å²) in [6.45, 7) is 1.76. The first kappa shape index (κ1) is 10.3. The van der Waals surface area contributed by atoms with Crippen LogP contribution >= 0.6 is 0 Å². The SMILES string of the molecule is Cn1c(=O)[nH]c2c(N3CCC(N)C3)ccnc21.